The zero-order valence-electron chi connectivity index (χ0n) is 12.2. The molecule has 0 spiro atoms. The number of carbonyl (C=O) groups is 2. The number of carboxylic acid groups (broad SMARTS) is 1. The average molecular weight is 278 g/mol. The van der Waals surface area contributed by atoms with Crippen molar-refractivity contribution in [2.75, 3.05) is 18.4 Å². The Morgan fingerprint density at radius 1 is 1.25 bits per heavy atom. The molecule has 0 aliphatic rings. The SMILES string of the molecule is CCC(C)CN(CC)C(=O)Nc1ccc(C(=O)O)cc1. The molecule has 0 aliphatic carbocycles. The molecular formula is C15H22N2O3. The van der Waals surface area contributed by atoms with E-state index >= 15 is 0 Å². The summed E-state index contributed by atoms with van der Waals surface area (Å²) in [6.45, 7) is 7.50. The van der Waals surface area contributed by atoms with Crippen LogP contribution >= 0.6 is 0 Å². The Morgan fingerprint density at radius 3 is 2.30 bits per heavy atom. The Hall–Kier alpha value is -2.04. The number of aromatic carboxylic acids is 1. The maximum atomic E-state index is 12.1. The minimum atomic E-state index is -0.977. The summed E-state index contributed by atoms with van der Waals surface area (Å²) in [4.78, 5) is 24.6. The molecule has 2 amide bonds. The second-order valence-corrected chi connectivity index (χ2v) is 4.86. The van der Waals surface area contributed by atoms with E-state index in [1.165, 1.54) is 12.1 Å². The first kappa shape index (κ1) is 16.0. The highest BCUT2D eigenvalue weighted by Gasteiger charge is 2.14. The predicted octanol–water partition coefficient (Wildman–Crippen LogP) is 3.28. The number of hydrogen-bond donors (Lipinski definition) is 2. The first-order chi connectivity index (χ1) is 9.47. The summed E-state index contributed by atoms with van der Waals surface area (Å²) in [7, 11) is 0. The van der Waals surface area contributed by atoms with E-state index in [1.807, 2.05) is 6.92 Å². The van der Waals surface area contributed by atoms with Crippen molar-refractivity contribution in [1.29, 1.82) is 0 Å². The Morgan fingerprint density at radius 2 is 1.85 bits per heavy atom. The Labute approximate surface area is 119 Å². The molecule has 1 aromatic rings. The van der Waals surface area contributed by atoms with Gasteiger partial charge in [-0.25, -0.2) is 9.59 Å². The Kier molecular flexibility index (Phi) is 6.03. The van der Waals surface area contributed by atoms with Crippen LogP contribution in [0, 0.1) is 5.92 Å². The molecule has 0 heterocycles. The smallest absolute Gasteiger partial charge is 0.335 e. The van der Waals surface area contributed by atoms with Gasteiger partial charge in [0.2, 0.25) is 0 Å². The number of carboxylic acids is 1. The second kappa shape index (κ2) is 7.53. The highest BCUT2D eigenvalue weighted by molar-refractivity contribution is 5.91. The van der Waals surface area contributed by atoms with E-state index in [-0.39, 0.29) is 11.6 Å². The van der Waals surface area contributed by atoms with Crippen LogP contribution in [0.25, 0.3) is 0 Å². The van der Waals surface area contributed by atoms with E-state index in [9.17, 15) is 9.59 Å². The molecule has 0 saturated carbocycles. The van der Waals surface area contributed by atoms with Gasteiger partial charge < -0.3 is 15.3 Å². The van der Waals surface area contributed by atoms with Gasteiger partial charge in [0, 0.05) is 18.8 Å². The Balaban J connectivity index is 2.66. The van der Waals surface area contributed by atoms with Crippen molar-refractivity contribution < 1.29 is 14.7 Å². The molecule has 5 nitrogen and oxygen atoms in total. The first-order valence-electron chi connectivity index (χ1n) is 6.87. The second-order valence-electron chi connectivity index (χ2n) is 4.86. The lowest BCUT2D eigenvalue weighted by atomic mass is 10.1. The van der Waals surface area contributed by atoms with Crippen molar-refractivity contribution in [2.45, 2.75) is 27.2 Å². The largest absolute Gasteiger partial charge is 0.478 e. The van der Waals surface area contributed by atoms with Gasteiger partial charge in [-0.15, -0.1) is 0 Å². The fourth-order valence-corrected chi connectivity index (χ4v) is 1.76. The summed E-state index contributed by atoms with van der Waals surface area (Å²) >= 11 is 0. The van der Waals surface area contributed by atoms with Crippen molar-refractivity contribution in [3.8, 4) is 0 Å². The van der Waals surface area contributed by atoms with Gasteiger partial charge in [0.25, 0.3) is 0 Å². The average Bonchev–Trinajstić information content (AvgIpc) is 2.44. The highest BCUT2D eigenvalue weighted by atomic mass is 16.4. The van der Waals surface area contributed by atoms with Crippen LogP contribution in [0.4, 0.5) is 10.5 Å². The molecule has 20 heavy (non-hydrogen) atoms. The van der Waals surface area contributed by atoms with Gasteiger partial charge in [-0.05, 0) is 37.1 Å². The van der Waals surface area contributed by atoms with Crippen LogP contribution in [-0.2, 0) is 0 Å². The summed E-state index contributed by atoms with van der Waals surface area (Å²) in [6, 6.07) is 5.98. The highest BCUT2D eigenvalue weighted by Crippen LogP contribution is 2.12. The number of benzene rings is 1. The van der Waals surface area contributed by atoms with Gasteiger partial charge in [-0.2, -0.15) is 0 Å². The third-order valence-corrected chi connectivity index (χ3v) is 3.28. The third-order valence-electron chi connectivity index (χ3n) is 3.28. The van der Waals surface area contributed by atoms with E-state index < -0.39 is 5.97 Å². The first-order valence-corrected chi connectivity index (χ1v) is 6.87. The zero-order valence-corrected chi connectivity index (χ0v) is 12.2. The molecule has 110 valence electrons. The summed E-state index contributed by atoms with van der Waals surface area (Å²) in [5.74, 6) is -0.523. The lowest BCUT2D eigenvalue weighted by molar-refractivity contribution is 0.0697. The van der Waals surface area contributed by atoms with Gasteiger partial charge in [-0.1, -0.05) is 20.3 Å². The molecular weight excluding hydrogens is 256 g/mol. The molecule has 0 aliphatic heterocycles. The third kappa shape index (κ3) is 4.57. The molecule has 1 atom stereocenters. The molecule has 0 fully saturated rings. The van der Waals surface area contributed by atoms with E-state index in [1.54, 1.807) is 17.0 Å². The standard InChI is InChI=1S/C15H22N2O3/c1-4-11(3)10-17(5-2)15(20)16-13-8-6-12(7-9-13)14(18)19/h6-9,11H,4-5,10H2,1-3H3,(H,16,20)(H,18,19). The molecule has 0 bridgehead atoms. The van der Waals surface area contributed by atoms with Crippen LogP contribution in [0.5, 0.6) is 0 Å². The quantitative estimate of drug-likeness (QED) is 0.839. The van der Waals surface area contributed by atoms with Gasteiger partial charge in [-0.3, -0.25) is 0 Å². The van der Waals surface area contributed by atoms with Gasteiger partial charge in [0.1, 0.15) is 0 Å². The number of carbonyl (C=O) groups excluding carboxylic acids is 1. The lowest BCUT2D eigenvalue weighted by Gasteiger charge is -2.24. The van der Waals surface area contributed by atoms with Crippen molar-refractivity contribution in [3.63, 3.8) is 0 Å². The van der Waals surface area contributed by atoms with E-state index in [2.05, 4.69) is 19.2 Å². The molecule has 1 rings (SSSR count). The molecule has 5 heteroatoms. The van der Waals surface area contributed by atoms with Crippen molar-refractivity contribution in [3.05, 3.63) is 29.8 Å². The van der Waals surface area contributed by atoms with Crippen LogP contribution in [0.1, 0.15) is 37.6 Å². The molecule has 1 aromatic carbocycles. The van der Waals surface area contributed by atoms with Gasteiger partial charge in [0.15, 0.2) is 0 Å². The fourth-order valence-electron chi connectivity index (χ4n) is 1.76. The number of nitrogens with one attached hydrogen (secondary N) is 1. The molecule has 0 radical (unpaired) electrons. The van der Waals surface area contributed by atoms with Gasteiger partial charge in [0.05, 0.1) is 5.56 Å². The molecule has 2 N–H and O–H groups in total. The molecule has 0 aromatic heterocycles. The van der Waals surface area contributed by atoms with Crippen molar-refractivity contribution in [1.82, 2.24) is 4.90 Å². The van der Waals surface area contributed by atoms with E-state index in [4.69, 9.17) is 5.11 Å². The number of anilines is 1. The number of hydrogen-bond acceptors (Lipinski definition) is 2. The summed E-state index contributed by atoms with van der Waals surface area (Å²) in [5, 5.41) is 11.6. The topological polar surface area (TPSA) is 69.6 Å². The Bertz CT molecular complexity index is 457. The number of amides is 2. The lowest BCUT2D eigenvalue weighted by Crippen LogP contribution is -2.37. The summed E-state index contributed by atoms with van der Waals surface area (Å²) in [5.41, 5.74) is 0.803. The minimum absolute atomic E-state index is 0.157. The zero-order chi connectivity index (χ0) is 15.1. The van der Waals surface area contributed by atoms with E-state index in [0.29, 0.717) is 24.7 Å². The van der Waals surface area contributed by atoms with Crippen LogP contribution < -0.4 is 5.32 Å². The summed E-state index contributed by atoms with van der Waals surface area (Å²) in [6.07, 6.45) is 1.02. The van der Waals surface area contributed by atoms with Crippen LogP contribution in [0.2, 0.25) is 0 Å². The maximum Gasteiger partial charge on any atom is 0.335 e. The molecule has 1 unspecified atom stereocenters. The van der Waals surface area contributed by atoms with Crippen LogP contribution in [-0.4, -0.2) is 35.1 Å². The van der Waals surface area contributed by atoms with Crippen molar-refractivity contribution >= 4 is 17.7 Å². The van der Waals surface area contributed by atoms with E-state index in [0.717, 1.165) is 6.42 Å². The number of nitrogens with zero attached hydrogens (tertiary/aromatic N) is 1. The monoisotopic (exact) mass is 278 g/mol. The van der Waals surface area contributed by atoms with Crippen LogP contribution in [0.15, 0.2) is 24.3 Å². The number of rotatable bonds is 6. The molecule has 0 saturated heterocycles. The maximum absolute atomic E-state index is 12.1. The number of urea groups is 1. The minimum Gasteiger partial charge on any atom is -0.478 e. The summed E-state index contributed by atoms with van der Waals surface area (Å²) < 4.78 is 0. The normalized spacial score (nSPS) is 11.8. The van der Waals surface area contributed by atoms with Crippen LogP contribution in [0.3, 0.4) is 0 Å². The van der Waals surface area contributed by atoms with Gasteiger partial charge >= 0.3 is 12.0 Å². The fraction of sp³-hybridized carbons (Fsp3) is 0.467. The van der Waals surface area contributed by atoms with Crippen molar-refractivity contribution in [2.24, 2.45) is 5.92 Å². The predicted molar refractivity (Wildman–Crippen MR) is 79.1 cm³/mol.